The summed E-state index contributed by atoms with van der Waals surface area (Å²) in [4.78, 5) is 10.6. The summed E-state index contributed by atoms with van der Waals surface area (Å²) in [6, 6.07) is 9.17. The second kappa shape index (κ2) is 6.54. The van der Waals surface area contributed by atoms with Gasteiger partial charge in [0.1, 0.15) is 0 Å². The van der Waals surface area contributed by atoms with E-state index >= 15 is 0 Å². The summed E-state index contributed by atoms with van der Waals surface area (Å²) in [6.45, 7) is 2.61. The molecule has 0 bridgehead atoms. The quantitative estimate of drug-likeness (QED) is 0.790. The molecule has 90 valence electrons. The lowest BCUT2D eigenvalue weighted by Crippen LogP contribution is -2.17. The number of carboxylic acids is 1. The van der Waals surface area contributed by atoms with E-state index in [9.17, 15) is 4.79 Å². The van der Waals surface area contributed by atoms with E-state index in [-0.39, 0.29) is 12.3 Å². The molecule has 1 rings (SSSR count). The fraction of sp³-hybridized carbons (Fsp3) is 0.385. The molecule has 0 amide bonds. The smallest absolute Gasteiger partial charge is 0.303 e. The van der Waals surface area contributed by atoms with E-state index in [1.807, 2.05) is 19.1 Å². The zero-order valence-corrected chi connectivity index (χ0v) is 9.81. The minimum atomic E-state index is -0.765. The Morgan fingerprint density at radius 3 is 2.59 bits per heavy atom. The third-order valence-corrected chi connectivity index (χ3v) is 2.65. The van der Waals surface area contributed by atoms with Crippen LogP contribution in [0.4, 0.5) is 5.69 Å². The van der Waals surface area contributed by atoms with Crippen LogP contribution in [0.2, 0.25) is 0 Å². The van der Waals surface area contributed by atoms with E-state index in [1.54, 1.807) is 12.1 Å². The van der Waals surface area contributed by atoms with Crippen molar-refractivity contribution >= 4 is 11.7 Å². The Balaban J connectivity index is 2.48. The summed E-state index contributed by atoms with van der Waals surface area (Å²) < 4.78 is 0. The molecule has 1 unspecified atom stereocenters. The zero-order chi connectivity index (χ0) is 12.7. The van der Waals surface area contributed by atoms with Crippen molar-refractivity contribution in [2.24, 2.45) is 5.92 Å². The van der Waals surface area contributed by atoms with Gasteiger partial charge in [-0.15, -0.1) is 0 Å². The highest BCUT2D eigenvalue weighted by Gasteiger charge is 2.10. The van der Waals surface area contributed by atoms with Gasteiger partial charge in [0.25, 0.3) is 0 Å². The van der Waals surface area contributed by atoms with E-state index < -0.39 is 5.97 Å². The fourth-order valence-electron chi connectivity index (χ4n) is 1.53. The fourth-order valence-corrected chi connectivity index (χ4v) is 1.53. The molecule has 0 saturated heterocycles. The summed E-state index contributed by atoms with van der Waals surface area (Å²) in [5.41, 5.74) is 1.53. The average Bonchev–Trinajstić information content (AvgIpc) is 2.34. The molecule has 1 aromatic rings. The Kier molecular flexibility index (Phi) is 5.02. The Morgan fingerprint density at radius 1 is 1.47 bits per heavy atom. The molecule has 0 aliphatic heterocycles. The van der Waals surface area contributed by atoms with Crippen molar-refractivity contribution in [2.75, 3.05) is 11.9 Å². The molecule has 4 heteroatoms. The molecule has 0 fully saturated rings. The second-order valence-electron chi connectivity index (χ2n) is 3.94. The first-order valence-corrected chi connectivity index (χ1v) is 5.61. The van der Waals surface area contributed by atoms with E-state index in [2.05, 4.69) is 11.4 Å². The maximum absolute atomic E-state index is 10.6. The lowest BCUT2D eigenvalue weighted by atomic mass is 10.0. The van der Waals surface area contributed by atoms with Crippen molar-refractivity contribution in [2.45, 2.75) is 19.8 Å². The number of hydrogen-bond acceptors (Lipinski definition) is 3. The topological polar surface area (TPSA) is 73.1 Å². The lowest BCUT2D eigenvalue weighted by Gasteiger charge is -2.14. The SMILES string of the molecule is CCC(CNc1ccc(C#N)cc1)CC(=O)O. The van der Waals surface area contributed by atoms with Crippen LogP contribution in [0, 0.1) is 17.2 Å². The number of carbonyl (C=O) groups is 1. The highest BCUT2D eigenvalue weighted by molar-refractivity contribution is 5.67. The van der Waals surface area contributed by atoms with Crippen molar-refractivity contribution < 1.29 is 9.90 Å². The first-order valence-electron chi connectivity index (χ1n) is 5.61. The van der Waals surface area contributed by atoms with Crippen molar-refractivity contribution in [3.8, 4) is 6.07 Å². The molecular weight excluding hydrogens is 216 g/mol. The molecule has 0 radical (unpaired) electrons. The Labute approximate surface area is 101 Å². The van der Waals surface area contributed by atoms with Gasteiger partial charge in [-0.1, -0.05) is 13.3 Å². The number of aliphatic carboxylic acids is 1. The van der Waals surface area contributed by atoms with Crippen molar-refractivity contribution in [1.29, 1.82) is 5.26 Å². The first kappa shape index (κ1) is 13.0. The zero-order valence-electron chi connectivity index (χ0n) is 9.81. The normalized spacial score (nSPS) is 11.5. The van der Waals surface area contributed by atoms with E-state index in [0.717, 1.165) is 12.1 Å². The van der Waals surface area contributed by atoms with Crippen LogP contribution >= 0.6 is 0 Å². The lowest BCUT2D eigenvalue weighted by molar-refractivity contribution is -0.138. The largest absolute Gasteiger partial charge is 0.481 e. The predicted octanol–water partition coefficient (Wildman–Crippen LogP) is 2.47. The average molecular weight is 232 g/mol. The molecule has 0 aliphatic carbocycles. The molecule has 0 aromatic heterocycles. The molecule has 1 atom stereocenters. The highest BCUT2D eigenvalue weighted by atomic mass is 16.4. The number of nitrogens with zero attached hydrogens (tertiary/aromatic N) is 1. The van der Waals surface area contributed by atoms with Gasteiger partial charge < -0.3 is 10.4 Å². The molecule has 0 saturated carbocycles. The molecule has 0 heterocycles. The number of benzene rings is 1. The number of hydrogen-bond donors (Lipinski definition) is 2. The van der Waals surface area contributed by atoms with Gasteiger partial charge in [-0.2, -0.15) is 5.26 Å². The molecule has 2 N–H and O–H groups in total. The van der Waals surface area contributed by atoms with Crippen LogP contribution in [0.1, 0.15) is 25.3 Å². The third-order valence-electron chi connectivity index (χ3n) is 2.65. The van der Waals surface area contributed by atoms with Crippen LogP contribution in [0.3, 0.4) is 0 Å². The van der Waals surface area contributed by atoms with Crippen LogP contribution in [-0.4, -0.2) is 17.6 Å². The summed E-state index contributed by atoms with van der Waals surface area (Å²) in [7, 11) is 0. The first-order chi connectivity index (χ1) is 8.15. The van der Waals surface area contributed by atoms with Gasteiger partial charge in [0.15, 0.2) is 0 Å². The van der Waals surface area contributed by atoms with Gasteiger partial charge in [-0.05, 0) is 30.2 Å². The van der Waals surface area contributed by atoms with Gasteiger partial charge in [-0.25, -0.2) is 0 Å². The van der Waals surface area contributed by atoms with Crippen LogP contribution in [-0.2, 0) is 4.79 Å². The van der Waals surface area contributed by atoms with Gasteiger partial charge >= 0.3 is 5.97 Å². The summed E-state index contributed by atoms with van der Waals surface area (Å²) in [5, 5.41) is 20.5. The summed E-state index contributed by atoms with van der Waals surface area (Å²) in [6.07, 6.45) is 1.01. The summed E-state index contributed by atoms with van der Waals surface area (Å²) >= 11 is 0. The van der Waals surface area contributed by atoms with Gasteiger partial charge in [0, 0.05) is 18.7 Å². The predicted molar refractivity (Wildman–Crippen MR) is 65.7 cm³/mol. The van der Waals surface area contributed by atoms with Gasteiger partial charge in [-0.3, -0.25) is 4.79 Å². The molecular formula is C13H16N2O2. The van der Waals surface area contributed by atoms with E-state index in [0.29, 0.717) is 12.1 Å². The van der Waals surface area contributed by atoms with Gasteiger partial charge in [0.05, 0.1) is 11.6 Å². The van der Waals surface area contributed by atoms with Crippen molar-refractivity contribution in [3.63, 3.8) is 0 Å². The second-order valence-corrected chi connectivity index (χ2v) is 3.94. The minimum Gasteiger partial charge on any atom is -0.481 e. The van der Waals surface area contributed by atoms with E-state index in [4.69, 9.17) is 10.4 Å². The number of nitrogens with one attached hydrogen (secondary N) is 1. The number of rotatable bonds is 6. The van der Waals surface area contributed by atoms with Crippen molar-refractivity contribution in [3.05, 3.63) is 29.8 Å². The summed E-state index contributed by atoms with van der Waals surface area (Å²) in [5.74, 6) is -0.637. The number of anilines is 1. The maximum atomic E-state index is 10.6. The Hall–Kier alpha value is -2.02. The Morgan fingerprint density at radius 2 is 2.12 bits per heavy atom. The number of carboxylic acid groups (broad SMARTS) is 1. The maximum Gasteiger partial charge on any atom is 0.303 e. The molecule has 0 spiro atoms. The van der Waals surface area contributed by atoms with E-state index in [1.165, 1.54) is 0 Å². The molecule has 4 nitrogen and oxygen atoms in total. The monoisotopic (exact) mass is 232 g/mol. The Bertz CT molecular complexity index is 406. The van der Waals surface area contributed by atoms with Crippen molar-refractivity contribution in [1.82, 2.24) is 0 Å². The molecule has 1 aromatic carbocycles. The minimum absolute atomic E-state index is 0.128. The van der Waals surface area contributed by atoms with Crippen LogP contribution in [0.25, 0.3) is 0 Å². The number of nitriles is 1. The third kappa shape index (κ3) is 4.56. The highest BCUT2D eigenvalue weighted by Crippen LogP contribution is 2.13. The molecule has 17 heavy (non-hydrogen) atoms. The van der Waals surface area contributed by atoms with Crippen LogP contribution < -0.4 is 5.32 Å². The standard InChI is InChI=1S/C13H16N2O2/c1-2-10(7-13(16)17)9-15-12-5-3-11(8-14)4-6-12/h3-6,10,15H,2,7,9H2,1H3,(H,16,17). The van der Waals surface area contributed by atoms with Crippen LogP contribution in [0.15, 0.2) is 24.3 Å². The molecule has 0 aliphatic rings. The van der Waals surface area contributed by atoms with Crippen LogP contribution in [0.5, 0.6) is 0 Å². The van der Waals surface area contributed by atoms with Gasteiger partial charge in [0.2, 0.25) is 0 Å².